The van der Waals surface area contributed by atoms with Crippen molar-refractivity contribution in [3.05, 3.63) is 34.1 Å². The molecule has 10 heteroatoms. The average Bonchev–Trinajstić information content (AvgIpc) is 2.50. The minimum atomic E-state index is -1.10. The zero-order chi connectivity index (χ0) is 17.0. The van der Waals surface area contributed by atoms with Crippen molar-refractivity contribution < 1.29 is 19.1 Å². The third kappa shape index (κ3) is 4.57. The molecule has 2 heterocycles. The van der Waals surface area contributed by atoms with Crippen LogP contribution in [0.5, 0.6) is 0 Å². The first kappa shape index (κ1) is 17.0. The molecule has 23 heavy (non-hydrogen) atoms. The molecule has 0 radical (unpaired) electrons. The highest BCUT2D eigenvalue weighted by Crippen LogP contribution is 2.22. The molecule has 2 amide bonds. The molecule has 1 atom stereocenters. The van der Waals surface area contributed by atoms with Crippen LogP contribution in [0, 0.1) is 0 Å². The summed E-state index contributed by atoms with van der Waals surface area (Å²) in [4.78, 5) is 38.7. The van der Waals surface area contributed by atoms with Crippen LogP contribution in [-0.4, -0.2) is 28.9 Å². The SMILES string of the molecule is C[C@H](OC(=O)C1=CCC(=O)NN1)C(=O)Nc1ncc(Cl)cc1Cl. The van der Waals surface area contributed by atoms with Crippen molar-refractivity contribution in [2.24, 2.45) is 0 Å². The zero-order valence-electron chi connectivity index (χ0n) is 11.9. The van der Waals surface area contributed by atoms with Gasteiger partial charge in [0.2, 0.25) is 5.91 Å². The summed E-state index contributed by atoms with van der Waals surface area (Å²) >= 11 is 11.6. The molecule has 0 bridgehead atoms. The second-order valence-corrected chi connectivity index (χ2v) is 5.36. The highest BCUT2D eigenvalue weighted by molar-refractivity contribution is 6.36. The number of amides is 2. The summed E-state index contributed by atoms with van der Waals surface area (Å²) in [6, 6.07) is 1.42. The highest BCUT2D eigenvalue weighted by atomic mass is 35.5. The van der Waals surface area contributed by atoms with Crippen LogP contribution in [0.25, 0.3) is 0 Å². The number of carbonyl (C=O) groups is 3. The van der Waals surface area contributed by atoms with Crippen molar-refractivity contribution in [1.29, 1.82) is 0 Å². The smallest absolute Gasteiger partial charge is 0.356 e. The van der Waals surface area contributed by atoms with Crippen molar-refractivity contribution in [2.45, 2.75) is 19.4 Å². The van der Waals surface area contributed by atoms with Gasteiger partial charge in [-0.25, -0.2) is 9.78 Å². The fourth-order valence-electron chi connectivity index (χ4n) is 1.57. The molecular weight excluding hydrogens is 347 g/mol. The van der Waals surface area contributed by atoms with E-state index in [9.17, 15) is 14.4 Å². The number of carbonyl (C=O) groups excluding carboxylic acids is 3. The number of aromatic nitrogens is 1. The lowest BCUT2D eigenvalue weighted by molar-refractivity contribution is -0.149. The molecule has 0 fully saturated rings. The maximum atomic E-state index is 12.0. The summed E-state index contributed by atoms with van der Waals surface area (Å²) in [5.41, 5.74) is 4.70. The lowest BCUT2D eigenvalue weighted by Crippen LogP contribution is -2.43. The fraction of sp³-hybridized carbons (Fsp3) is 0.231. The Morgan fingerprint density at radius 1 is 1.39 bits per heavy atom. The van der Waals surface area contributed by atoms with Crippen LogP contribution in [0.3, 0.4) is 0 Å². The molecule has 2 rings (SSSR count). The van der Waals surface area contributed by atoms with Gasteiger partial charge in [-0.1, -0.05) is 23.2 Å². The topological polar surface area (TPSA) is 109 Å². The molecular formula is C13H12Cl2N4O4. The average molecular weight is 359 g/mol. The summed E-state index contributed by atoms with van der Waals surface area (Å²) in [6.07, 6.45) is 1.63. The van der Waals surface area contributed by atoms with E-state index in [1.165, 1.54) is 25.3 Å². The highest BCUT2D eigenvalue weighted by Gasteiger charge is 2.23. The second-order valence-electron chi connectivity index (χ2n) is 4.52. The molecule has 1 aromatic rings. The van der Waals surface area contributed by atoms with Gasteiger partial charge in [-0.05, 0) is 19.1 Å². The first-order valence-electron chi connectivity index (χ1n) is 6.44. The van der Waals surface area contributed by atoms with E-state index in [1.807, 2.05) is 0 Å². The third-order valence-electron chi connectivity index (χ3n) is 2.75. The van der Waals surface area contributed by atoms with Crippen molar-refractivity contribution in [1.82, 2.24) is 15.8 Å². The summed E-state index contributed by atoms with van der Waals surface area (Å²) < 4.78 is 4.99. The molecule has 0 aromatic carbocycles. The van der Waals surface area contributed by atoms with Crippen LogP contribution in [0.1, 0.15) is 13.3 Å². The molecule has 1 aliphatic rings. The number of pyridine rings is 1. The maximum absolute atomic E-state index is 12.0. The van der Waals surface area contributed by atoms with E-state index < -0.39 is 18.0 Å². The Balaban J connectivity index is 1.94. The van der Waals surface area contributed by atoms with Crippen molar-refractivity contribution >= 4 is 46.8 Å². The molecule has 1 aromatic heterocycles. The lowest BCUT2D eigenvalue weighted by Gasteiger charge is -2.18. The van der Waals surface area contributed by atoms with Gasteiger partial charge in [0.05, 0.1) is 10.0 Å². The largest absolute Gasteiger partial charge is 0.448 e. The van der Waals surface area contributed by atoms with Gasteiger partial charge >= 0.3 is 5.97 Å². The van der Waals surface area contributed by atoms with Gasteiger partial charge in [0.25, 0.3) is 5.91 Å². The van der Waals surface area contributed by atoms with E-state index in [2.05, 4.69) is 21.2 Å². The number of nitrogens with one attached hydrogen (secondary N) is 3. The third-order valence-corrected chi connectivity index (χ3v) is 3.25. The van der Waals surface area contributed by atoms with Crippen LogP contribution in [0.4, 0.5) is 5.82 Å². The Bertz CT molecular complexity index is 693. The van der Waals surface area contributed by atoms with Gasteiger partial charge in [0, 0.05) is 12.6 Å². The molecule has 1 aliphatic heterocycles. The Morgan fingerprint density at radius 3 is 2.74 bits per heavy atom. The van der Waals surface area contributed by atoms with Gasteiger partial charge in [-0.3, -0.25) is 20.4 Å². The van der Waals surface area contributed by atoms with Gasteiger partial charge < -0.3 is 10.1 Å². The summed E-state index contributed by atoms with van der Waals surface area (Å²) in [7, 11) is 0. The Morgan fingerprint density at radius 2 is 2.13 bits per heavy atom. The molecule has 0 unspecified atom stereocenters. The van der Waals surface area contributed by atoms with E-state index in [0.717, 1.165) is 0 Å². The summed E-state index contributed by atoms with van der Waals surface area (Å²) in [5.74, 6) is -1.57. The number of esters is 1. The van der Waals surface area contributed by atoms with Crippen LogP contribution in [0.15, 0.2) is 24.0 Å². The molecule has 0 saturated carbocycles. The van der Waals surface area contributed by atoms with Crippen molar-refractivity contribution in [3.63, 3.8) is 0 Å². The number of ether oxygens (including phenoxy) is 1. The predicted molar refractivity (Wildman–Crippen MR) is 82.4 cm³/mol. The number of halogens is 2. The van der Waals surface area contributed by atoms with E-state index in [-0.39, 0.29) is 28.9 Å². The lowest BCUT2D eigenvalue weighted by atomic mass is 10.3. The van der Waals surface area contributed by atoms with Crippen LogP contribution >= 0.6 is 23.2 Å². The standard InChI is InChI=1S/C13H12Cl2N4O4/c1-6(23-13(22)9-2-3-10(20)19-18-9)12(21)17-11-8(15)4-7(14)5-16-11/h2,4-6,18H,3H2,1H3,(H,19,20)(H,16,17,21)/t6-/m0/s1. The number of hydrogen-bond acceptors (Lipinski definition) is 6. The number of hydrazine groups is 1. The Kier molecular flexibility index (Phi) is 5.41. The van der Waals surface area contributed by atoms with E-state index in [1.54, 1.807) is 0 Å². The molecule has 0 spiro atoms. The predicted octanol–water partition coefficient (Wildman–Crippen LogP) is 1.17. The molecule has 8 nitrogen and oxygen atoms in total. The summed E-state index contributed by atoms with van der Waals surface area (Å²) in [6.45, 7) is 1.39. The number of rotatable bonds is 4. The molecule has 122 valence electrons. The number of hydrogen-bond donors (Lipinski definition) is 3. The minimum absolute atomic E-state index is 0.0440. The molecule has 3 N–H and O–H groups in total. The Labute approximate surface area is 141 Å². The van der Waals surface area contributed by atoms with Crippen LogP contribution in [-0.2, 0) is 19.1 Å². The van der Waals surface area contributed by atoms with E-state index in [4.69, 9.17) is 27.9 Å². The molecule has 0 saturated heterocycles. The van der Waals surface area contributed by atoms with Crippen molar-refractivity contribution in [2.75, 3.05) is 5.32 Å². The Hall–Kier alpha value is -2.32. The monoisotopic (exact) mass is 358 g/mol. The quantitative estimate of drug-likeness (QED) is 0.697. The number of anilines is 1. The molecule has 0 aliphatic carbocycles. The second kappa shape index (κ2) is 7.30. The van der Waals surface area contributed by atoms with Crippen LogP contribution in [0.2, 0.25) is 10.0 Å². The van der Waals surface area contributed by atoms with E-state index in [0.29, 0.717) is 5.02 Å². The van der Waals surface area contributed by atoms with Gasteiger partial charge in [-0.2, -0.15) is 0 Å². The first-order valence-corrected chi connectivity index (χ1v) is 7.20. The van der Waals surface area contributed by atoms with Gasteiger partial charge in [0.1, 0.15) is 5.70 Å². The first-order chi connectivity index (χ1) is 10.9. The van der Waals surface area contributed by atoms with Gasteiger partial charge in [-0.15, -0.1) is 0 Å². The fourth-order valence-corrected chi connectivity index (χ4v) is 2.00. The number of nitrogens with zero attached hydrogens (tertiary/aromatic N) is 1. The summed E-state index contributed by atoms with van der Waals surface area (Å²) in [5, 5.41) is 2.91. The minimum Gasteiger partial charge on any atom is -0.448 e. The zero-order valence-corrected chi connectivity index (χ0v) is 13.4. The van der Waals surface area contributed by atoms with Gasteiger partial charge in [0.15, 0.2) is 11.9 Å². The van der Waals surface area contributed by atoms with E-state index >= 15 is 0 Å². The van der Waals surface area contributed by atoms with Crippen LogP contribution < -0.4 is 16.2 Å². The normalized spacial score (nSPS) is 14.9. The van der Waals surface area contributed by atoms with Crippen molar-refractivity contribution in [3.8, 4) is 0 Å². The maximum Gasteiger partial charge on any atom is 0.356 e.